The molecule has 3 rings (SSSR count). The van der Waals surface area contributed by atoms with Crippen molar-refractivity contribution in [2.24, 2.45) is 0 Å². The van der Waals surface area contributed by atoms with E-state index in [-0.39, 0.29) is 18.3 Å². The Labute approximate surface area is 167 Å². The van der Waals surface area contributed by atoms with Crippen molar-refractivity contribution in [3.63, 3.8) is 0 Å². The topological polar surface area (TPSA) is 61.8 Å². The summed E-state index contributed by atoms with van der Waals surface area (Å²) < 4.78 is 28.8. The molecule has 5 nitrogen and oxygen atoms in total. The number of methoxy groups -OCH3 is 1. The molecule has 0 unspecified atom stereocenters. The van der Waals surface area contributed by atoms with Gasteiger partial charge in [0.1, 0.15) is 12.4 Å². The molecule has 0 fully saturated rings. The van der Waals surface area contributed by atoms with E-state index >= 15 is 0 Å². The summed E-state index contributed by atoms with van der Waals surface area (Å²) in [6.07, 6.45) is 0. The average Bonchev–Trinajstić information content (AvgIpc) is 2.72. The van der Waals surface area contributed by atoms with Crippen LogP contribution in [0.15, 0.2) is 66.7 Å². The van der Waals surface area contributed by atoms with Gasteiger partial charge in [-0.1, -0.05) is 30.3 Å². The predicted octanol–water partition coefficient (Wildman–Crippen LogP) is 4.78. The van der Waals surface area contributed by atoms with Crippen LogP contribution in [-0.4, -0.2) is 19.0 Å². The monoisotopic (exact) mass is 394 g/mol. The number of carbonyl (C=O) groups is 2. The zero-order chi connectivity index (χ0) is 20.8. The Balaban J connectivity index is 1.62. The van der Waals surface area contributed by atoms with Crippen molar-refractivity contribution in [2.75, 3.05) is 7.11 Å². The molecular weight excluding hydrogens is 375 g/mol. The number of benzene rings is 3. The summed E-state index contributed by atoms with van der Waals surface area (Å²) in [6, 6.07) is 18.4. The van der Waals surface area contributed by atoms with E-state index in [2.05, 4.69) is 0 Å². The molecule has 29 heavy (non-hydrogen) atoms. The maximum Gasteiger partial charge on any atom is 0.338 e. The minimum absolute atomic E-state index is 0.0425. The Morgan fingerprint density at radius 2 is 1.52 bits per heavy atom. The van der Waals surface area contributed by atoms with Crippen LogP contribution in [0.2, 0.25) is 0 Å². The molecule has 0 aliphatic rings. The van der Waals surface area contributed by atoms with Gasteiger partial charge in [0.05, 0.1) is 12.7 Å². The molecule has 0 aromatic heterocycles. The summed E-state index contributed by atoms with van der Waals surface area (Å²) in [4.78, 5) is 23.2. The van der Waals surface area contributed by atoms with E-state index in [1.807, 2.05) is 12.1 Å². The largest absolute Gasteiger partial charge is 0.494 e. The number of carbonyl (C=O) groups excluding carboxylic acids is 2. The molecule has 0 saturated heterocycles. The molecule has 0 bridgehead atoms. The second-order valence-corrected chi connectivity index (χ2v) is 6.24. The standard InChI is InChI=1S/C23H19FO5/c1-15(25)29-20-10-8-18(9-11-20)17-4-6-19(7-5-17)23(26)28-14-16-3-12-22(27-2)21(24)13-16/h3-13H,14H2,1-2H3. The van der Waals surface area contributed by atoms with Crippen LogP contribution in [0.1, 0.15) is 22.8 Å². The molecule has 0 amide bonds. The first-order valence-electron chi connectivity index (χ1n) is 8.84. The summed E-state index contributed by atoms with van der Waals surface area (Å²) in [6.45, 7) is 1.30. The van der Waals surface area contributed by atoms with Gasteiger partial charge in [-0.15, -0.1) is 0 Å². The lowest BCUT2D eigenvalue weighted by atomic mass is 10.0. The molecule has 0 spiro atoms. The molecule has 0 N–H and O–H groups in total. The van der Waals surface area contributed by atoms with E-state index in [4.69, 9.17) is 14.2 Å². The number of esters is 2. The van der Waals surface area contributed by atoms with Gasteiger partial charge in [0, 0.05) is 6.92 Å². The fourth-order valence-electron chi connectivity index (χ4n) is 2.71. The van der Waals surface area contributed by atoms with Crippen molar-refractivity contribution >= 4 is 11.9 Å². The van der Waals surface area contributed by atoms with Crippen molar-refractivity contribution in [1.82, 2.24) is 0 Å². The highest BCUT2D eigenvalue weighted by atomic mass is 19.1. The van der Waals surface area contributed by atoms with Gasteiger partial charge in [-0.05, 0) is 53.1 Å². The second kappa shape index (κ2) is 9.01. The molecule has 0 aliphatic heterocycles. The van der Waals surface area contributed by atoms with E-state index < -0.39 is 11.8 Å². The Morgan fingerprint density at radius 3 is 2.07 bits per heavy atom. The van der Waals surface area contributed by atoms with Crippen LogP contribution < -0.4 is 9.47 Å². The predicted molar refractivity (Wildman–Crippen MR) is 105 cm³/mol. The van der Waals surface area contributed by atoms with E-state index in [1.165, 1.54) is 26.2 Å². The highest BCUT2D eigenvalue weighted by Gasteiger charge is 2.10. The van der Waals surface area contributed by atoms with Crippen molar-refractivity contribution in [1.29, 1.82) is 0 Å². The van der Waals surface area contributed by atoms with Crippen LogP contribution in [0.25, 0.3) is 11.1 Å². The minimum Gasteiger partial charge on any atom is -0.494 e. The zero-order valence-electron chi connectivity index (χ0n) is 16.0. The van der Waals surface area contributed by atoms with Gasteiger partial charge in [0.15, 0.2) is 11.6 Å². The number of hydrogen-bond donors (Lipinski definition) is 0. The lowest BCUT2D eigenvalue weighted by molar-refractivity contribution is -0.131. The summed E-state index contributed by atoms with van der Waals surface area (Å²) in [5, 5.41) is 0. The fraction of sp³-hybridized carbons (Fsp3) is 0.130. The molecule has 0 radical (unpaired) electrons. The van der Waals surface area contributed by atoms with Crippen LogP contribution >= 0.6 is 0 Å². The van der Waals surface area contributed by atoms with Crippen LogP contribution in [0.3, 0.4) is 0 Å². The normalized spacial score (nSPS) is 10.3. The minimum atomic E-state index is -0.509. The summed E-state index contributed by atoms with van der Waals surface area (Å²) >= 11 is 0. The molecule has 0 aliphatic carbocycles. The maximum absolute atomic E-state index is 13.7. The summed E-state index contributed by atoms with van der Waals surface area (Å²) in [5.74, 6) is -0.783. The Bertz CT molecular complexity index is 1010. The average molecular weight is 394 g/mol. The third-order valence-corrected chi connectivity index (χ3v) is 4.16. The zero-order valence-corrected chi connectivity index (χ0v) is 16.0. The first kappa shape index (κ1) is 20.1. The highest BCUT2D eigenvalue weighted by Crippen LogP contribution is 2.23. The number of hydrogen-bond acceptors (Lipinski definition) is 5. The van der Waals surface area contributed by atoms with Crippen LogP contribution in [-0.2, 0) is 16.1 Å². The molecular formula is C23H19FO5. The third kappa shape index (κ3) is 5.19. The van der Waals surface area contributed by atoms with Gasteiger partial charge >= 0.3 is 11.9 Å². The smallest absolute Gasteiger partial charge is 0.338 e. The highest BCUT2D eigenvalue weighted by molar-refractivity contribution is 5.90. The molecule has 3 aromatic rings. The van der Waals surface area contributed by atoms with Gasteiger partial charge in [0.2, 0.25) is 0 Å². The molecule has 3 aromatic carbocycles. The summed E-state index contributed by atoms with van der Waals surface area (Å²) in [5.41, 5.74) is 2.73. The lowest BCUT2D eigenvalue weighted by Gasteiger charge is -2.08. The molecule has 148 valence electrons. The Morgan fingerprint density at radius 1 is 0.897 bits per heavy atom. The van der Waals surface area contributed by atoms with Crippen molar-refractivity contribution in [3.05, 3.63) is 83.7 Å². The number of rotatable bonds is 6. The quantitative estimate of drug-likeness (QED) is 0.445. The number of halogens is 1. The molecule has 0 atom stereocenters. The number of ether oxygens (including phenoxy) is 3. The SMILES string of the molecule is COc1ccc(COC(=O)c2ccc(-c3ccc(OC(C)=O)cc3)cc2)cc1F. The van der Waals surface area contributed by atoms with Crippen molar-refractivity contribution in [3.8, 4) is 22.6 Å². The Kier molecular flexibility index (Phi) is 6.24. The lowest BCUT2D eigenvalue weighted by Crippen LogP contribution is -2.05. The van der Waals surface area contributed by atoms with Crippen LogP contribution in [0.5, 0.6) is 11.5 Å². The summed E-state index contributed by atoms with van der Waals surface area (Å²) in [7, 11) is 1.38. The second-order valence-electron chi connectivity index (χ2n) is 6.24. The van der Waals surface area contributed by atoms with Gasteiger partial charge in [-0.25, -0.2) is 9.18 Å². The van der Waals surface area contributed by atoms with E-state index in [0.29, 0.717) is 16.9 Å². The van der Waals surface area contributed by atoms with Gasteiger partial charge in [-0.2, -0.15) is 0 Å². The maximum atomic E-state index is 13.7. The first-order valence-corrected chi connectivity index (χ1v) is 8.84. The molecule has 0 saturated carbocycles. The van der Waals surface area contributed by atoms with E-state index in [0.717, 1.165) is 11.1 Å². The first-order chi connectivity index (χ1) is 14.0. The van der Waals surface area contributed by atoms with Crippen LogP contribution in [0.4, 0.5) is 4.39 Å². The van der Waals surface area contributed by atoms with Gasteiger partial charge in [0.25, 0.3) is 0 Å². The van der Waals surface area contributed by atoms with Crippen molar-refractivity contribution in [2.45, 2.75) is 13.5 Å². The van der Waals surface area contributed by atoms with E-state index in [9.17, 15) is 14.0 Å². The third-order valence-electron chi connectivity index (χ3n) is 4.16. The Hall–Kier alpha value is -3.67. The van der Waals surface area contributed by atoms with E-state index in [1.54, 1.807) is 42.5 Å². The van der Waals surface area contributed by atoms with Gasteiger partial charge in [-0.3, -0.25) is 4.79 Å². The fourth-order valence-corrected chi connectivity index (χ4v) is 2.71. The van der Waals surface area contributed by atoms with Gasteiger partial charge < -0.3 is 14.2 Å². The molecule has 0 heterocycles. The van der Waals surface area contributed by atoms with Crippen LogP contribution in [0, 0.1) is 5.82 Å². The van der Waals surface area contributed by atoms with Crippen molar-refractivity contribution < 1.29 is 28.2 Å². The molecule has 6 heteroatoms.